The summed E-state index contributed by atoms with van der Waals surface area (Å²) in [5.41, 5.74) is 0.642. The van der Waals surface area contributed by atoms with Crippen LogP contribution in [-0.2, 0) is 20.8 Å². The minimum atomic E-state index is -0.911. The Morgan fingerprint density at radius 2 is 2.05 bits per heavy atom. The molecule has 0 bridgehead atoms. The number of hydrogen-bond donors (Lipinski definition) is 1. The predicted octanol–water partition coefficient (Wildman–Crippen LogP) is 5.04. The van der Waals surface area contributed by atoms with E-state index in [-0.39, 0.29) is 41.7 Å². The molecular weight excluding hydrogens is 573 g/mol. The highest BCUT2D eigenvalue weighted by Gasteiger charge is 2.47. The molecule has 1 aliphatic carbocycles. The summed E-state index contributed by atoms with van der Waals surface area (Å²) < 4.78 is 32.1. The van der Waals surface area contributed by atoms with Crippen LogP contribution < -0.4 is 15.1 Å². The lowest BCUT2D eigenvalue weighted by molar-refractivity contribution is -0.120. The Labute approximate surface area is 245 Å². The van der Waals surface area contributed by atoms with Crippen molar-refractivity contribution in [3.8, 4) is 11.4 Å². The Hall–Kier alpha value is -3.35. The van der Waals surface area contributed by atoms with E-state index in [4.69, 9.17) is 25.6 Å². The molecule has 2 unspecified atom stereocenters. The van der Waals surface area contributed by atoms with E-state index in [2.05, 4.69) is 15.5 Å². The zero-order valence-electron chi connectivity index (χ0n) is 22.7. The number of rotatable bonds is 5. The Bertz CT molecular complexity index is 1480. The maximum Gasteiger partial charge on any atom is 0.408 e. The number of fused-ring (bicyclic) bond motifs is 2. The van der Waals surface area contributed by atoms with Crippen molar-refractivity contribution in [3.63, 3.8) is 0 Å². The average Bonchev–Trinajstić information content (AvgIpc) is 3.58. The van der Waals surface area contributed by atoms with Gasteiger partial charge in [0, 0.05) is 22.2 Å². The number of benzene rings is 2. The molecular formula is C28H29ClFN5O5S. The number of nitrogens with zero attached hydrogens (tertiary/aromatic N) is 4. The van der Waals surface area contributed by atoms with E-state index in [1.807, 2.05) is 17.0 Å². The summed E-state index contributed by atoms with van der Waals surface area (Å²) in [6.45, 7) is 6.57. The van der Waals surface area contributed by atoms with Gasteiger partial charge in [0.15, 0.2) is 0 Å². The van der Waals surface area contributed by atoms with Crippen LogP contribution in [0.1, 0.15) is 32.8 Å². The number of halogens is 2. The number of carbonyl (C=O) groups is 2. The molecule has 10 nitrogen and oxygen atoms in total. The van der Waals surface area contributed by atoms with Crippen molar-refractivity contribution in [1.82, 2.24) is 15.5 Å². The lowest BCUT2D eigenvalue weighted by Crippen LogP contribution is -2.50. The second kappa shape index (κ2) is 10.8. The molecule has 1 saturated carbocycles. The number of anilines is 2. The van der Waals surface area contributed by atoms with Crippen LogP contribution >= 0.6 is 23.4 Å². The maximum absolute atomic E-state index is 15.5. The Balaban J connectivity index is 1.34. The first-order valence-corrected chi connectivity index (χ1v) is 14.7. The number of thioether (sulfide) groups is 1. The van der Waals surface area contributed by atoms with Crippen LogP contribution in [0.3, 0.4) is 0 Å². The van der Waals surface area contributed by atoms with Gasteiger partial charge in [-0.25, -0.2) is 9.18 Å². The molecule has 216 valence electrons. The van der Waals surface area contributed by atoms with Crippen molar-refractivity contribution < 1.29 is 28.0 Å². The molecule has 3 aliphatic rings. The number of aromatic nitrogens is 2. The lowest BCUT2D eigenvalue weighted by Gasteiger charge is -2.27. The molecule has 3 aromatic rings. The fourth-order valence-corrected chi connectivity index (χ4v) is 6.10. The fraction of sp³-hybridized carbons (Fsp3) is 0.429. The first-order chi connectivity index (χ1) is 19.6. The normalized spacial score (nSPS) is 22.1. The van der Waals surface area contributed by atoms with Crippen molar-refractivity contribution in [2.24, 2.45) is 0 Å². The summed E-state index contributed by atoms with van der Waals surface area (Å²) in [6, 6.07) is 9.62. The smallest absolute Gasteiger partial charge is 0.408 e. The molecule has 0 spiro atoms. The highest BCUT2D eigenvalue weighted by molar-refractivity contribution is 7.99. The molecule has 13 heteroatoms. The van der Waals surface area contributed by atoms with E-state index in [1.54, 1.807) is 39.0 Å². The molecule has 2 amide bonds. The molecule has 1 N–H and O–H groups in total. The third-order valence-electron chi connectivity index (χ3n) is 6.92. The molecule has 3 atom stereocenters. The highest BCUT2D eigenvalue weighted by Crippen LogP contribution is 2.41. The van der Waals surface area contributed by atoms with Crippen LogP contribution in [0, 0.1) is 5.82 Å². The second-order valence-corrected chi connectivity index (χ2v) is 12.7. The third-order valence-corrected chi connectivity index (χ3v) is 8.31. The zero-order valence-corrected chi connectivity index (χ0v) is 24.3. The molecule has 6 rings (SSSR count). The average molecular weight is 602 g/mol. The van der Waals surface area contributed by atoms with E-state index < -0.39 is 23.6 Å². The standard InChI is InChI=1S/C28H29ClFN5O5S/c1-28(2,3)39-27(37)31-19-14-41-23-11-18(30)17(24-32-26(40-33-24)34-8-9-38-22-12-20(22)34)10-21(23)35(25(19)36)13-15-4-6-16(29)7-5-15/h4-7,10-11,19-20,22H,8-9,12-14H2,1-3H3,(H,31,37)/t19-,20?,22?/m0/s1. The number of hydrogen-bond acceptors (Lipinski definition) is 9. The number of alkyl carbamates (subject to hydrolysis) is 1. The van der Waals surface area contributed by atoms with Crippen molar-refractivity contribution >= 4 is 47.1 Å². The molecule has 2 aliphatic heterocycles. The van der Waals surface area contributed by atoms with Crippen LogP contribution in [0.5, 0.6) is 0 Å². The van der Waals surface area contributed by atoms with E-state index in [0.29, 0.717) is 34.8 Å². The maximum atomic E-state index is 15.5. The van der Waals surface area contributed by atoms with E-state index in [1.165, 1.54) is 22.7 Å². The first kappa shape index (κ1) is 27.8. The highest BCUT2D eigenvalue weighted by atomic mass is 35.5. The van der Waals surface area contributed by atoms with Crippen molar-refractivity contribution in [1.29, 1.82) is 0 Å². The monoisotopic (exact) mass is 601 g/mol. The van der Waals surface area contributed by atoms with Gasteiger partial charge in [0.1, 0.15) is 17.5 Å². The second-order valence-electron chi connectivity index (χ2n) is 11.2. The number of ether oxygens (including phenoxy) is 2. The Morgan fingerprint density at radius 1 is 1.27 bits per heavy atom. The summed E-state index contributed by atoms with van der Waals surface area (Å²) >= 11 is 7.35. The third kappa shape index (κ3) is 6.00. The van der Waals surface area contributed by atoms with Gasteiger partial charge in [-0.3, -0.25) is 4.79 Å². The zero-order chi connectivity index (χ0) is 28.9. The molecule has 1 saturated heterocycles. The predicted molar refractivity (Wildman–Crippen MR) is 152 cm³/mol. The van der Waals surface area contributed by atoms with Gasteiger partial charge in [-0.15, -0.1) is 11.8 Å². The van der Waals surface area contributed by atoms with Crippen LogP contribution in [0.4, 0.5) is 20.9 Å². The SMILES string of the molecule is CC(C)(C)OC(=O)N[C@H]1CSc2cc(F)c(-c3noc(N4CCOC5CC54)n3)cc2N(Cc2ccc(Cl)cc2)C1=O. The largest absolute Gasteiger partial charge is 0.444 e. The van der Waals surface area contributed by atoms with Gasteiger partial charge < -0.3 is 29.1 Å². The van der Waals surface area contributed by atoms with Crippen molar-refractivity contribution in [3.05, 3.63) is 52.8 Å². The number of morpholine rings is 1. The van der Waals surface area contributed by atoms with Crippen LogP contribution in [0.15, 0.2) is 45.8 Å². The van der Waals surface area contributed by atoms with Crippen LogP contribution in [-0.4, -0.2) is 64.8 Å². The summed E-state index contributed by atoms with van der Waals surface area (Å²) in [5.74, 6) is -0.642. The molecule has 2 aromatic carbocycles. The molecule has 1 aromatic heterocycles. The number of amides is 2. The quantitative estimate of drug-likeness (QED) is 0.430. The van der Waals surface area contributed by atoms with Crippen molar-refractivity contribution in [2.75, 3.05) is 28.7 Å². The van der Waals surface area contributed by atoms with Gasteiger partial charge in [-0.1, -0.05) is 28.9 Å². The van der Waals surface area contributed by atoms with Gasteiger partial charge in [0.2, 0.25) is 5.82 Å². The lowest BCUT2D eigenvalue weighted by atomic mass is 10.1. The molecule has 0 radical (unpaired) electrons. The summed E-state index contributed by atoms with van der Waals surface area (Å²) in [5, 5.41) is 7.32. The Morgan fingerprint density at radius 3 is 2.80 bits per heavy atom. The van der Waals surface area contributed by atoms with Gasteiger partial charge in [0.25, 0.3) is 5.91 Å². The van der Waals surface area contributed by atoms with Gasteiger partial charge in [-0.05, 0) is 57.0 Å². The topological polar surface area (TPSA) is 110 Å². The van der Waals surface area contributed by atoms with E-state index >= 15 is 4.39 Å². The number of nitrogens with one attached hydrogen (secondary N) is 1. The summed E-state index contributed by atoms with van der Waals surface area (Å²) in [6.07, 6.45) is 0.346. The summed E-state index contributed by atoms with van der Waals surface area (Å²) in [4.78, 5) is 35.1. The van der Waals surface area contributed by atoms with Gasteiger partial charge in [-0.2, -0.15) is 4.98 Å². The number of carbonyl (C=O) groups excluding carboxylic acids is 2. The van der Waals surface area contributed by atoms with Crippen LogP contribution in [0.25, 0.3) is 11.4 Å². The van der Waals surface area contributed by atoms with Gasteiger partial charge >= 0.3 is 12.1 Å². The molecule has 41 heavy (non-hydrogen) atoms. The first-order valence-electron chi connectivity index (χ1n) is 13.3. The minimum Gasteiger partial charge on any atom is -0.444 e. The Kier molecular flexibility index (Phi) is 7.33. The van der Waals surface area contributed by atoms with Crippen molar-refractivity contribution in [2.45, 2.75) is 62.4 Å². The van der Waals surface area contributed by atoms with E-state index in [9.17, 15) is 9.59 Å². The summed E-state index contributed by atoms with van der Waals surface area (Å²) in [7, 11) is 0. The van der Waals surface area contributed by atoms with E-state index in [0.717, 1.165) is 12.0 Å². The van der Waals surface area contributed by atoms with Gasteiger partial charge in [0.05, 0.1) is 36.5 Å². The fourth-order valence-electron chi connectivity index (χ4n) is 4.90. The molecule has 2 fully saturated rings. The van der Waals surface area contributed by atoms with Crippen LogP contribution in [0.2, 0.25) is 5.02 Å². The minimum absolute atomic E-state index is 0.0839. The molecule has 3 heterocycles.